The largest absolute Gasteiger partial charge is 0.478 e. The van der Waals surface area contributed by atoms with Crippen LogP contribution in [0, 0.1) is 0 Å². The second kappa shape index (κ2) is 6.21. The van der Waals surface area contributed by atoms with Crippen molar-refractivity contribution in [1.29, 1.82) is 0 Å². The molecule has 0 aliphatic rings. The molecule has 2 atom stereocenters. The van der Waals surface area contributed by atoms with E-state index >= 15 is 0 Å². The molecule has 0 aliphatic heterocycles. The topological polar surface area (TPSA) is 98.0 Å². The zero-order valence-electron chi connectivity index (χ0n) is 10.1. The molecule has 0 bridgehead atoms. The lowest BCUT2D eigenvalue weighted by molar-refractivity contribution is -0.137. The van der Waals surface area contributed by atoms with Crippen LogP contribution >= 0.6 is 0 Å². The first-order valence-corrected chi connectivity index (χ1v) is 5.59. The van der Waals surface area contributed by atoms with Gasteiger partial charge in [0.05, 0.1) is 17.2 Å². The second-order valence-electron chi connectivity index (χ2n) is 4.17. The van der Waals surface area contributed by atoms with Crippen molar-refractivity contribution in [2.45, 2.75) is 24.8 Å². The lowest BCUT2D eigenvalue weighted by Crippen LogP contribution is -2.21. The Morgan fingerprint density at radius 2 is 1.80 bits per heavy atom. The number of alkyl halides is 3. The number of aliphatic hydroxyl groups excluding tert-OH is 3. The number of carbonyl (C=O) groups is 1. The van der Waals surface area contributed by atoms with Crippen molar-refractivity contribution >= 4 is 5.97 Å². The van der Waals surface area contributed by atoms with E-state index < -0.39 is 42.1 Å². The number of aliphatic hydroxyl groups is 3. The zero-order valence-corrected chi connectivity index (χ0v) is 10.1. The van der Waals surface area contributed by atoms with Crippen LogP contribution in [-0.2, 0) is 6.18 Å². The lowest BCUT2D eigenvalue weighted by atomic mass is 9.97. The Kier molecular flexibility index (Phi) is 5.09. The Morgan fingerprint density at radius 1 is 1.20 bits per heavy atom. The number of carboxylic acid groups (broad SMARTS) is 1. The summed E-state index contributed by atoms with van der Waals surface area (Å²) >= 11 is 0. The maximum Gasteiger partial charge on any atom is 0.416 e. The molecule has 4 N–H and O–H groups in total. The Balaban J connectivity index is 3.25. The van der Waals surface area contributed by atoms with Gasteiger partial charge in [-0.15, -0.1) is 0 Å². The van der Waals surface area contributed by atoms with Gasteiger partial charge in [-0.25, -0.2) is 4.79 Å². The van der Waals surface area contributed by atoms with Crippen molar-refractivity contribution in [2.75, 3.05) is 6.61 Å². The number of benzene rings is 1. The van der Waals surface area contributed by atoms with Gasteiger partial charge in [-0.2, -0.15) is 13.2 Å². The molecular weight excluding hydrogens is 281 g/mol. The smallest absolute Gasteiger partial charge is 0.416 e. The predicted molar refractivity (Wildman–Crippen MR) is 61.1 cm³/mol. The summed E-state index contributed by atoms with van der Waals surface area (Å²) in [7, 11) is 0. The molecule has 1 rings (SSSR count). The van der Waals surface area contributed by atoms with Gasteiger partial charge in [-0.05, 0) is 30.2 Å². The summed E-state index contributed by atoms with van der Waals surface area (Å²) in [6.45, 7) is -0.469. The normalized spacial score (nSPS) is 14.9. The van der Waals surface area contributed by atoms with Gasteiger partial charge in [0.1, 0.15) is 6.10 Å². The van der Waals surface area contributed by atoms with Gasteiger partial charge >= 0.3 is 12.1 Å². The molecule has 2 unspecified atom stereocenters. The van der Waals surface area contributed by atoms with Crippen LogP contribution < -0.4 is 0 Å². The number of carboxylic acids is 1. The Bertz CT molecular complexity index is 486. The summed E-state index contributed by atoms with van der Waals surface area (Å²) < 4.78 is 37.9. The van der Waals surface area contributed by atoms with E-state index in [0.29, 0.717) is 12.1 Å². The summed E-state index contributed by atoms with van der Waals surface area (Å²) in [6.07, 6.45) is -8.24. The number of halogens is 3. The highest BCUT2D eigenvalue weighted by molar-refractivity contribution is 5.88. The number of rotatable bonds is 5. The first kappa shape index (κ1) is 16.4. The van der Waals surface area contributed by atoms with Crippen LogP contribution in [0.5, 0.6) is 0 Å². The molecule has 0 heterocycles. The molecule has 112 valence electrons. The summed E-state index contributed by atoms with van der Waals surface area (Å²) in [4.78, 5) is 10.8. The molecule has 0 aromatic heterocycles. The van der Waals surface area contributed by atoms with Crippen molar-refractivity contribution in [2.24, 2.45) is 0 Å². The molecule has 0 fully saturated rings. The predicted octanol–water partition coefficient (Wildman–Crippen LogP) is 1.18. The number of hydrogen-bond donors (Lipinski definition) is 4. The molecule has 1 aromatic rings. The zero-order chi connectivity index (χ0) is 15.5. The molecule has 0 amide bonds. The van der Waals surface area contributed by atoms with E-state index in [2.05, 4.69) is 0 Å². The summed E-state index contributed by atoms with van der Waals surface area (Å²) in [6, 6.07) is 1.86. The third-order valence-electron chi connectivity index (χ3n) is 2.66. The monoisotopic (exact) mass is 294 g/mol. The van der Waals surface area contributed by atoms with Gasteiger partial charge in [0, 0.05) is 6.61 Å². The highest BCUT2D eigenvalue weighted by Crippen LogP contribution is 2.32. The maximum atomic E-state index is 12.6. The summed E-state index contributed by atoms with van der Waals surface area (Å²) in [5.41, 5.74) is -2.26. The van der Waals surface area contributed by atoms with Crippen molar-refractivity contribution in [3.63, 3.8) is 0 Å². The molecule has 0 aliphatic carbocycles. The molecule has 0 radical (unpaired) electrons. The molecule has 5 nitrogen and oxygen atoms in total. The standard InChI is InChI=1S/C12H13F3O5/c13-12(14,15)8-4-6(3-7(5-8)11(19)20)10(18)9(17)1-2-16/h3-5,9-10,16-18H,1-2H2,(H,19,20). The maximum absolute atomic E-state index is 12.6. The van der Waals surface area contributed by atoms with E-state index in [1.165, 1.54) is 0 Å². The van der Waals surface area contributed by atoms with Crippen molar-refractivity contribution in [3.05, 3.63) is 34.9 Å². The van der Waals surface area contributed by atoms with Crippen molar-refractivity contribution in [3.8, 4) is 0 Å². The second-order valence-corrected chi connectivity index (χ2v) is 4.17. The van der Waals surface area contributed by atoms with Crippen molar-refractivity contribution in [1.82, 2.24) is 0 Å². The molecule has 0 saturated heterocycles. The van der Waals surface area contributed by atoms with Crippen LogP contribution in [0.1, 0.15) is 34.0 Å². The van der Waals surface area contributed by atoms with Crippen LogP contribution in [0.4, 0.5) is 13.2 Å². The Morgan fingerprint density at radius 3 is 2.25 bits per heavy atom. The van der Waals surface area contributed by atoms with Crippen molar-refractivity contribution < 1.29 is 38.4 Å². The van der Waals surface area contributed by atoms with Gasteiger partial charge in [-0.1, -0.05) is 0 Å². The highest BCUT2D eigenvalue weighted by Gasteiger charge is 2.33. The SMILES string of the molecule is O=C(O)c1cc(C(O)C(O)CCO)cc(C(F)(F)F)c1. The molecule has 8 heteroatoms. The Hall–Kier alpha value is -1.64. The molecule has 0 spiro atoms. The number of aromatic carboxylic acids is 1. The minimum Gasteiger partial charge on any atom is -0.478 e. The van der Waals surface area contributed by atoms with Crippen LogP contribution in [0.2, 0.25) is 0 Å². The quantitative estimate of drug-likeness (QED) is 0.654. The summed E-state index contributed by atoms with van der Waals surface area (Å²) in [5.74, 6) is -1.58. The van der Waals surface area contributed by atoms with E-state index in [0.717, 1.165) is 6.07 Å². The van der Waals surface area contributed by atoms with E-state index in [1.54, 1.807) is 0 Å². The number of hydrogen-bond acceptors (Lipinski definition) is 4. The van der Waals surface area contributed by atoms with E-state index in [4.69, 9.17) is 10.2 Å². The third-order valence-corrected chi connectivity index (χ3v) is 2.66. The Labute approximate surface area is 111 Å². The van der Waals surface area contributed by atoms with Gasteiger partial charge in [-0.3, -0.25) is 0 Å². The lowest BCUT2D eigenvalue weighted by Gasteiger charge is -2.19. The van der Waals surface area contributed by atoms with Gasteiger partial charge in [0.2, 0.25) is 0 Å². The highest BCUT2D eigenvalue weighted by atomic mass is 19.4. The first-order chi connectivity index (χ1) is 9.16. The van der Waals surface area contributed by atoms with Gasteiger partial charge in [0.15, 0.2) is 0 Å². The molecule has 1 aromatic carbocycles. The molecular formula is C12H13F3O5. The van der Waals surface area contributed by atoms with Crippen LogP contribution in [0.25, 0.3) is 0 Å². The fourth-order valence-corrected chi connectivity index (χ4v) is 1.62. The molecule has 0 saturated carbocycles. The third kappa shape index (κ3) is 3.92. The van der Waals surface area contributed by atoms with Gasteiger partial charge in [0.25, 0.3) is 0 Å². The van der Waals surface area contributed by atoms with E-state index in [9.17, 15) is 28.2 Å². The average molecular weight is 294 g/mol. The average Bonchev–Trinajstić information content (AvgIpc) is 2.36. The first-order valence-electron chi connectivity index (χ1n) is 5.59. The minimum absolute atomic E-state index is 0.250. The minimum atomic E-state index is -4.78. The fraction of sp³-hybridized carbons (Fsp3) is 0.417. The fourth-order valence-electron chi connectivity index (χ4n) is 1.62. The van der Waals surface area contributed by atoms with Crippen LogP contribution in [0.15, 0.2) is 18.2 Å². The van der Waals surface area contributed by atoms with Crippen LogP contribution in [-0.4, -0.2) is 39.1 Å². The van der Waals surface area contributed by atoms with Gasteiger partial charge < -0.3 is 20.4 Å². The van der Waals surface area contributed by atoms with E-state index in [1.807, 2.05) is 0 Å². The van der Waals surface area contributed by atoms with E-state index in [-0.39, 0.29) is 12.0 Å². The van der Waals surface area contributed by atoms with Crippen LogP contribution in [0.3, 0.4) is 0 Å². The molecule has 20 heavy (non-hydrogen) atoms. The summed E-state index contributed by atoms with van der Waals surface area (Å²) in [5, 5.41) is 36.5.